The summed E-state index contributed by atoms with van der Waals surface area (Å²) in [6, 6.07) is 4.06. The molecule has 0 aliphatic carbocycles. The van der Waals surface area contributed by atoms with Crippen LogP contribution in [-0.4, -0.2) is 28.3 Å². The first-order valence-electron chi connectivity index (χ1n) is 6.62. The molecule has 0 radical (unpaired) electrons. The zero-order chi connectivity index (χ0) is 14.2. The summed E-state index contributed by atoms with van der Waals surface area (Å²) in [5.41, 5.74) is 0.360. The molecule has 1 aromatic carbocycles. The second-order valence-electron chi connectivity index (χ2n) is 5.40. The molecule has 1 aliphatic heterocycles. The van der Waals surface area contributed by atoms with Gasteiger partial charge in [0, 0.05) is 11.0 Å². The molecule has 1 aliphatic rings. The Labute approximate surface area is 115 Å². The van der Waals surface area contributed by atoms with Crippen molar-refractivity contribution in [3.05, 3.63) is 29.9 Å². The number of benzene rings is 1. The smallest absolute Gasteiger partial charge is 0.232 e. The van der Waals surface area contributed by atoms with E-state index in [4.69, 9.17) is 4.52 Å². The van der Waals surface area contributed by atoms with Gasteiger partial charge in [-0.25, -0.2) is 4.39 Å². The van der Waals surface area contributed by atoms with E-state index in [0.717, 1.165) is 25.9 Å². The summed E-state index contributed by atoms with van der Waals surface area (Å²) < 4.78 is 18.7. The van der Waals surface area contributed by atoms with E-state index in [-0.39, 0.29) is 11.2 Å². The van der Waals surface area contributed by atoms with Crippen LogP contribution in [0, 0.1) is 5.82 Å². The highest BCUT2D eigenvalue weighted by molar-refractivity contribution is 5.56. The van der Waals surface area contributed by atoms with E-state index in [9.17, 15) is 9.50 Å². The van der Waals surface area contributed by atoms with Gasteiger partial charge in [-0.2, -0.15) is 4.98 Å². The average Bonchev–Trinajstić information content (AvgIpc) is 2.93. The number of halogens is 1. The van der Waals surface area contributed by atoms with E-state index in [1.54, 1.807) is 6.07 Å². The van der Waals surface area contributed by atoms with Gasteiger partial charge in [-0.05, 0) is 44.1 Å². The lowest BCUT2D eigenvalue weighted by Gasteiger charge is -2.30. The second-order valence-corrected chi connectivity index (χ2v) is 5.40. The Morgan fingerprint density at radius 2 is 2.10 bits per heavy atom. The van der Waals surface area contributed by atoms with E-state index in [1.807, 2.05) is 0 Å². The normalized spacial score (nSPS) is 18.1. The van der Waals surface area contributed by atoms with Gasteiger partial charge in [0.25, 0.3) is 0 Å². The third-order valence-corrected chi connectivity index (χ3v) is 3.86. The van der Waals surface area contributed by atoms with Gasteiger partial charge < -0.3 is 14.9 Å². The van der Waals surface area contributed by atoms with Crippen LogP contribution in [0.2, 0.25) is 0 Å². The molecular formula is C14H16FN3O2. The Kier molecular flexibility index (Phi) is 3.17. The molecule has 3 rings (SSSR count). The van der Waals surface area contributed by atoms with E-state index < -0.39 is 5.82 Å². The van der Waals surface area contributed by atoms with Gasteiger partial charge in [-0.1, -0.05) is 12.1 Å². The van der Waals surface area contributed by atoms with Crippen molar-refractivity contribution in [1.82, 2.24) is 15.5 Å². The molecule has 0 bridgehead atoms. The maximum Gasteiger partial charge on any atom is 0.232 e. The third kappa shape index (κ3) is 2.27. The number of aromatic hydroxyl groups is 1. The van der Waals surface area contributed by atoms with Crippen molar-refractivity contribution in [2.45, 2.75) is 25.2 Å². The van der Waals surface area contributed by atoms with E-state index in [2.05, 4.69) is 22.4 Å². The van der Waals surface area contributed by atoms with E-state index in [0.29, 0.717) is 17.3 Å². The summed E-state index contributed by atoms with van der Waals surface area (Å²) in [4.78, 5) is 4.39. The number of hydrogen-bond acceptors (Lipinski definition) is 5. The number of nitrogens with one attached hydrogen (secondary N) is 1. The van der Waals surface area contributed by atoms with Crippen LogP contribution in [0.5, 0.6) is 5.75 Å². The molecule has 2 heterocycles. The van der Waals surface area contributed by atoms with Crippen molar-refractivity contribution in [1.29, 1.82) is 0 Å². The van der Waals surface area contributed by atoms with Crippen LogP contribution in [0.25, 0.3) is 11.4 Å². The van der Waals surface area contributed by atoms with Gasteiger partial charge in [0.15, 0.2) is 11.6 Å². The van der Waals surface area contributed by atoms with Gasteiger partial charge in [0.1, 0.15) is 0 Å². The Balaban J connectivity index is 1.91. The first-order chi connectivity index (χ1) is 9.58. The molecule has 6 heteroatoms. The molecule has 0 amide bonds. The summed E-state index contributed by atoms with van der Waals surface area (Å²) in [5.74, 6) is -0.147. The number of aromatic nitrogens is 2. The number of nitrogens with zero attached hydrogens (tertiary/aromatic N) is 2. The summed E-state index contributed by atoms with van der Waals surface area (Å²) in [5, 5.41) is 16.4. The van der Waals surface area contributed by atoms with Crippen LogP contribution >= 0.6 is 0 Å². The molecule has 1 saturated heterocycles. The van der Waals surface area contributed by atoms with E-state index >= 15 is 0 Å². The average molecular weight is 277 g/mol. The predicted molar refractivity (Wildman–Crippen MR) is 70.8 cm³/mol. The number of phenolic OH excluding ortho intramolecular Hbond substituents is 1. The highest BCUT2D eigenvalue weighted by Crippen LogP contribution is 2.33. The Hall–Kier alpha value is -1.95. The lowest BCUT2D eigenvalue weighted by Crippen LogP contribution is -2.37. The van der Waals surface area contributed by atoms with Crippen LogP contribution in [0.15, 0.2) is 22.7 Å². The van der Waals surface area contributed by atoms with Crippen LogP contribution in [0.4, 0.5) is 4.39 Å². The maximum absolute atomic E-state index is 13.4. The maximum atomic E-state index is 13.4. The molecule has 1 aromatic heterocycles. The highest BCUT2D eigenvalue weighted by Gasteiger charge is 2.34. The zero-order valence-corrected chi connectivity index (χ0v) is 11.2. The van der Waals surface area contributed by atoms with Crippen molar-refractivity contribution in [2.75, 3.05) is 13.1 Å². The van der Waals surface area contributed by atoms with Crippen molar-refractivity contribution < 1.29 is 14.0 Å². The molecule has 2 aromatic rings. The van der Waals surface area contributed by atoms with Gasteiger partial charge >= 0.3 is 0 Å². The number of phenols is 1. The predicted octanol–water partition coefficient (Wildman–Crippen LogP) is 2.22. The first-order valence-corrected chi connectivity index (χ1v) is 6.62. The number of rotatable bonds is 2. The van der Waals surface area contributed by atoms with Crippen LogP contribution in [0.3, 0.4) is 0 Å². The zero-order valence-electron chi connectivity index (χ0n) is 11.2. The molecule has 0 saturated carbocycles. The fourth-order valence-electron chi connectivity index (χ4n) is 2.42. The van der Waals surface area contributed by atoms with E-state index in [1.165, 1.54) is 12.1 Å². The minimum atomic E-state index is -0.693. The molecular weight excluding hydrogens is 261 g/mol. The minimum absolute atomic E-state index is 0.133. The largest absolute Gasteiger partial charge is 0.505 e. The molecule has 0 unspecified atom stereocenters. The third-order valence-electron chi connectivity index (χ3n) is 3.86. The number of piperidine rings is 1. The molecule has 0 atom stereocenters. The second kappa shape index (κ2) is 4.86. The molecule has 5 nitrogen and oxygen atoms in total. The molecule has 1 fully saturated rings. The molecule has 106 valence electrons. The van der Waals surface area contributed by atoms with Crippen molar-refractivity contribution >= 4 is 0 Å². The summed E-state index contributed by atoms with van der Waals surface area (Å²) >= 11 is 0. The monoisotopic (exact) mass is 277 g/mol. The summed E-state index contributed by atoms with van der Waals surface area (Å²) in [6.07, 6.45) is 1.86. The summed E-state index contributed by atoms with van der Waals surface area (Å²) in [7, 11) is 0. The lowest BCUT2D eigenvalue weighted by atomic mass is 9.81. The standard InChI is InChI=1S/C14H16FN3O2/c1-14(4-6-16-7-5-14)13-17-12(18-20-13)9-2-3-11(19)10(15)8-9/h2-3,8,16,19H,4-7H2,1H3. The van der Waals surface area contributed by atoms with Gasteiger partial charge in [0.2, 0.25) is 11.7 Å². The quantitative estimate of drug-likeness (QED) is 0.880. The highest BCUT2D eigenvalue weighted by atomic mass is 19.1. The van der Waals surface area contributed by atoms with Crippen LogP contribution in [0.1, 0.15) is 25.7 Å². The van der Waals surface area contributed by atoms with Crippen LogP contribution < -0.4 is 5.32 Å². The lowest BCUT2D eigenvalue weighted by molar-refractivity contribution is 0.241. The van der Waals surface area contributed by atoms with Crippen LogP contribution in [-0.2, 0) is 5.41 Å². The molecule has 20 heavy (non-hydrogen) atoms. The number of hydrogen-bond donors (Lipinski definition) is 2. The van der Waals surface area contributed by atoms with Crippen molar-refractivity contribution in [2.24, 2.45) is 0 Å². The van der Waals surface area contributed by atoms with Crippen molar-refractivity contribution in [3.8, 4) is 17.1 Å². The Bertz CT molecular complexity index is 621. The fraction of sp³-hybridized carbons (Fsp3) is 0.429. The SMILES string of the molecule is CC1(c2nc(-c3ccc(O)c(F)c3)no2)CCNCC1. The first kappa shape index (κ1) is 13.1. The molecule has 0 spiro atoms. The van der Waals surface area contributed by atoms with Gasteiger partial charge in [0.05, 0.1) is 0 Å². The summed E-state index contributed by atoms with van der Waals surface area (Å²) in [6.45, 7) is 3.94. The Morgan fingerprint density at radius 3 is 2.80 bits per heavy atom. The topological polar surface area (TPSA) is 71.2 Å². The minimum Gasteiger partial charge on any atom is -0.505 e. The van der Waals surface area contributed by atoms with Crippen molar-refractivity contribution in [3.63, 3.8) is 0 Å². The van der Waals surface area contributed by atoms with Gasteiger partial charge in [-0.15, -0.1) is 0 Å². The molecule has 2 N–H and O–H groups in total. The van der Waals surface area contributed by atoms with Gasteiger partial charge in [-0.3, -0.25) is 0 Å². The Morgan fingerprint density at radius 1 is 1.35 bits per heavy atom. The fourth-order valence-corrected chi connectivity index (χ4v) is 2.42.